The van der Waals surface area contributed by atoms with Gasteiger partial charge in [0.15, 0.2) is 0 Å². The van der Waals surface area contributed by atoms with Gasteiger partial charge < -0.3 is 0 Å². The molecule has 0 saturated heterocycles. The summed E-state index contributed by atoms with van der Waals surface area (Å²) in [6.07, 6.45) is 0. The first-order valence-electron chi connectivity index (χ1n) is 8.91. The summed E-state index contributed by atoms with van der Waals surface area (Å²) in [5.74, 6) is 1.85. The lowest BCUT2D eigenvalue weighted by atomic mass is 9.81. The Kier molecular flexibility index (Phi) is 11.7. The molecular formula is C21H40. The standard InChI is InChI=1S/C17H28.2C2H6/c1-10(2)15-9-16(11(3)4)14(8)17(12(5)6)13(15)7;2*1-2/h9-12H,1-8H3;2*1-2H3. The first kappa shape index (κ1) is 22.5. The summed E-state index contributed by atoms with van der Waals surface area (Å²) in [5.41, 5.74) is 7.65. The van der Waals surface area contributed by atoms with Crippen LogP contribution in [0.5, 0.6) is 0 Å². The van der Waals surface area contributed by atoms with Crippen LogP contribution in [-0.4, -0.2) is 0 Å². The molecule has 0 aliphatic rings. The van der Waals surface area contributed by atoms with E-state index in [1.54, 1.807) is 5.56 Å². The zero-order valence-corrected chi connectivity index (χ0v) is 16.8. The monoisotopic (exact) mass is 292 g/mol. The number of benzene rings is 1. The molecule has 0 saturated carbocycles. The topological polar surface area (TPSA) is 0 Å². The molecule has 0 heteroatoms. The van der Waals surface area contributed by atoms with Crippen molar-refractivity contribution < 1.29 is 0 Å². The summed E-state index contributed by atoms with van der Waals surface area (Å²) in [7, 11) is 0. The Bertz CT molecular complexity index is 363. The lowest BCUT2D eigenvalue weighted by Gasteiger charge is -2.24. The highest BCUT2D eigenvalue weighted by Gasteiger charge is 2.17. The predicted octanol–water partition coefficient (Wildman–Crippen LogP) is 7.73. The summed E-state index contributed by atoms with van der Waals surface area (Å²) < 4.78 is 0. The largest absolute Gasteiger partial charge is 0.0683 e. The van der Waals surface area contributed by atoms with E-state index < -0.39 is 0 Å². The maximum absolute atomic E-state index is 2.44. The summed E-state index contributed by atoms with van der Waals surface area (Å²) in [6, 6.07) is 2.44. The van der Waals surface area contributed by atoms with E-state index in [2.05, 4.69) is 61.5 Å². The molecule has 0 radical (unpaired) electrons. The first-order valence-corrected chi connectivity index (χ1v) is 8.91. The molecule has 0 spiro atoms. The Balaban J connectivity index is 0. The molecule has 0 aliphatic heterocycles. The molecule has 0 aromatic heterocycles. The lowest BCUT2D eigenvalue weighted by molar-refractivity contribution is 0.779. The minimum atomic E-state index is 0.616. The summed E-state index contributed by atoms with van der Waals surface area (Å²) in [6.45, 7) is 26.4. The maximum atomic E-state index is 2.44. The Morgan fingerprint density at radius 3 is 1.05 bits per heavy atom. The van der Waals surface area contributed by atoms with Gasteiger partial charge in [-0.3, -0.25) is 0 Å². The van der Waals surface area contributed by atoms with Crippen molar-refractivity contribution in [3.05, 3.63) is 33.9 Å². The first-order chi connectivity index (χ1) is 9.77. The smallest absolute Gasteiger partial charge is 0.0213 e. The van der Waals surface area contributed by atoms with Crippen molar-refractivity contribution in [1.29, 1.82) is 0 Å². The highest BCUT2D eigenvalue weighted by Crippen LogP contribution is 2.34. The average molecular weight is 293 g/mol. The molecule has 0 bridgehead atoms. The molecule has 0 nitrogen and oxygen atoms in total. The van der Waals surface area contributed by atoms with E-state index in [1.807, 2.05) is 27.7 Å². The molecule has 0 unspecified atom stereocenters. The highest BCUT2D eigenvalue weighted by molar-refractivity contribution is 5.48. The molecule has 1 aromatic carbocycles. The zero-order chi connectivity index (χ0) is 17.3. The minimum Gasteiger partial charge on any atom is -0.0683 e. The molecule has 0 fully saturated rings. The van der Waals surface area contributed by atoms with Gasteiger partial charge in [-0.15, -0.1) is 0 Å². The van der Waals surface area contributed by atoms with Gasteiger partial charge in [0.25, 0.3) is 0 Å². The van der Waals surface area contributed by atoms with Gasteiger partial charge in [0, 0.05) is 0 Å². The molecule has 0 aliphatic carbocycles. The van der Waals surface area contributed by atoms with Crippen LogP contribution >= 0.6 is 0 Å². The third kappa shape index (κ3) is 5.85. The molecule has 124 valence electrons. The second kappa shape index (κ2) is 10.9. The van der Waals surface area contributed by atoms with Crippen molar-refractivity contribution in [3.8, 4) is 0 Å². The van der Waals surface area contributed by atoms with E-state index in [4.69, 9.17) is 0 Å². The van der Waals surface area contributed by atoms with Gasteiger partial charge in [-0.05, 0) is 59.4 Å². The van der Waals surface area contributed by atoms with Gasteiger partial charge >= 0.3 is 0 Å². The quantitative estimate of drug-likeness (QED) is 0.534. The zero-order valence-electron chi connectivity index (χ0n) is 16.8. The average Bonchev–Trinajstić information content (AvgIpc) is 2.42. The van der Waals surface area contributed by atoms with Crippen LogP contribution in [-0.2, 0) is 0 Å². The van der Waals surface area contributed by atoms with Crippen LogP contribution in [0.3, 0.4) is 0 Å². The molecule has 1 rings (SSSR count). The van der Waals surface area contributed by atoms with Gasteiger partial charge in [-0.1, -0.05) is 75.3 Å². The van der Waals surface area contributed by atoms with Crippen molar-refractivity contribution in [2.24, 2.45) is 0 Å². The van der Waals surface area contributed by atoms with Gasteiger partial charge in [-0.2, -0.15) is 0 Å². The number of hydrogen-bond donors (Lipinski definition) is 0. The second-order valence-electron chi connectivity index (χ2n) is 6.18. The molecule has 1 aromatic rings. The minimum absolute atomic E-state index is 0.616. The van der Waals surface area contributed by atoms with E-state index in [-0.39, 0.29) is 0 Å². The van der Waals surface area contributed by atoms with Gasteiger partial charge in [0.05, 0.1) is 0 Å². The molecule has 0 N–H and O–H groups in total. The maximum Gasteiger partial charge on any atom is -0.0213 e. The second-order valence-corrected chi connectivity index (χ2v) is 6.18. The van der Waals surface area contributed by atoms with E-state index in [0.717, 1.165) is 0 Å². The van der Waals surface area contributed by atoms with E-state index in [1.165, 1.54) is 22.3 Å². The third-order valence-corrected chi connectivity index (χ3v) is 3.81. The molecular weight excluding hydrogens is 252 g/mol. The SMILES string of the molecule is CC.CC.Cc1c(C(C)C)cc(C(C)C)c(C)c1C(C)C. The summed E-state index contributed by atoms with van der Waals surface area (Å²) in [4.78, 5) is 0. The lowest BCUT2D eigenvalue weighted by Crippen LogP contribution is -2.07. The number of rotatable bonds is 3. The fraction of sp³-hybridized carbons (Fsp3) is 0.714. The Morgan fingerprint density at radius 1 is 0.571 bits per heavy atom. The van der Waals surface area contributed by atoms with Gasteiger partial charge in [-0.25, -0.2) is 0 Å². The number of hydrogen-bond acceptors (Lipinski definition) is 0. The van der Waals surface area contributed by atoms with Crippen LogP contribution in [0.25, 0.3) is 0 Å². The fourth-order valence-electron chi connectivity index (χ4n) is 3.04. The van der Waals surface area contributed by atoms with Crippen molar-refractivity contribution in [2.45, 2.75) is 101 Å². The van der Waals surface area contributed by atoms with Crippen LogP contribution in [0.4, 0.5) is 0 Å². The van der Waals surface area contributed by atoms with Crippen LogP contribution in [0.15, 0.2) is 6.07 Å². The van der Waals surface area contributed by atoms with Crippen LogP contribution in [0.1, 0.15) is 115 Å². The van der Waals surface area contributed by atoms with E-state index in [0.29, 0.717) is 17.8 Å². The normalized spacial score (nSPS) is 10.2. The predicted molar refractivity (Wildman–Crippen MR) is 101 cm³/mol. The molecule has 0 atom stereocenters. The van der Waals surface area contributed by atoms with Gasteiger partial charge in [0.2, 0.25) is 0 Å². The van der Waals surface area contributed by atoms with Gasteiger partial charge in [0.1, 0.15) is 0 Å². The van der Waals surface area contributed by atoms with E-state index in [9.17, 15) is 0 Å². The van der Waals surface area contributed by atoms with Crippen LogP contribution < -0.4 is 0 Å². The van der Waals surface area contributed by atoms with Crippen molar-refractivity contribution in [1.82, 2.24) is 0 Å². The summed E-state index contributed by atoms with van der Waals surface area (Å²) in [5, 5.41) is 0. The molecule has 0 heterocycles. The van der Waals surface area contributed by atoms with E-state index >= 15 is 0 Å². The summed E-state index contributed by atoms with van der Waals surface area (Å²) >= 11 is 0. The fourth-order valence-corrected chi connectivity index (χ4v) is 3.04. The van der Waals surface area contributed by atoms with Crippen molar-refractivity contribution in [2.75, 3.05) is 0 Å². The highest BCUT2D eigenvalue weighted by atomic mass is 14.2. The van der Waals surface area contributed by atoms with Crippen molar-refractivity contribution in [3.63, 3.8) is 0 Å². The van der Waals surface area contributed by atoms with Crippen LogP contribution in [0.2, 0.25) is 0 Å². The third-order valence-electron chi connectivity index (χ3n) is 3.81. The van der Waals surface area contributed by atoms with Crippen LogP contribution in [0, 0.1) is 13.8 Å². The Hall–Kier alpha value is -0.780. The molecule has 21 heavy (non-hydrogen) atoms. The Morgan fingerprint density at radius 2 is 0.857 bits per heavy atom. The Labute approximate surface area is 135 Å². The van der Waals surface area contributed by atoms with Crippen molar-refractivity contribution >= 4 is 0 Å². The molecule has 0 amide bonds.